The van der Waals surface area contributed by atoms with Crippen LogP contribution in [0.4, 0.5) is 0 Å². The van der Waals surface area contributed by atoms with E-state index in [4.69, 9.17) is 0 Å². The lowest BCUT2D eigenvalue weighted by Gasteiger charge is -2.14. The molecule has 1 heteroatoms. The molecule has 0 radical (unpaired) electrons. The summed E-state index contributed by atoms with van der Waals surface area (Å²) >= 11 is 0. The molecule has 120 valence electrons. The fraction of sp³-hybridized carbons (Fsp3) is 0.947. The van der Waals surface area contributed by atoms with E-state index in [9.17, 15) is 4.79 Å². The lowest BCUT2D eigenvalue weighted by Crippen LogP contribution is -2.02. The summed E-state index contributed by atoms with van der Waals surface area (Å²) in [6.45, 7) is 4.53. The first kappa shape index (κ1) is 19.7. The van der Waals surface area contributed by atoms with Crippen molar-refractivity contribution in [1.82, 2.24) is 0 Å². The van der Waals surface area contributed by atoms with Gasteiger partial charge in [0.1, 0.15) is 6.29 Å². The molecule has 0 N–H and O–H groups in total. The number of aldehydes is 1. The number of hydrogen-bond acceptors (Lipinski definition) is 1. The topological polar surface area (TPSA) is 17.1 Å². The van der Waals surface area contributed by atoms with Crippen molar-refractivity contribution in [2.24, 2.45) is 5.92 Å². The van der Waals surface area contributed by atoms with Gasteiger partial charge >= 0.3 is 0 Å². The third-order valence-electron chi connectivity index (χ3n) is 4.36. The van der Waals surface area contributed by atoms with Crippen LogP contribution in [0.1, 0.15) is 110 Å². The van der Waals surface area contributed by atoms with E-state index in [2.05, 4.69) is 13.8 Å². The smallest absolute Gasteiger partial charge is 0.120 e. The van der Waals surface area contributed by atoms with Gasteiger partial charge in [-0.3, -0.25) is 0 Å². The lowest BCUT2D eigenvalue weighted by atomic mass is 9.92. The average molecular weight is 283 g/mol. The maximum Gasteiger partial charge on any atom is 0.120 e. The minimum Gasteiger partial charge on any atom is -0.303 e. The molecule has 0 amide bonds. The highest BCUT2D eigenvalue weighted by atomic mass is 16.1. The molecule has 0 aromatic carbocycles. The van der Waals surface area contributed by atoms with E-state index in [0.717, 1.165) is 12.7 Å². The van der Waals surface area contributed by atoms with Crippen LogP contribution in [-0.2, 0) is 4.79 Å². The Morgan fingerprint density at radius 1 is 0.650 bits per heavy atom. The molecular formula is C19H38O. The molecule has 0 aliphatic heterocycles. The van der Waals surface area contributed by atoms with Crippen molar-refractivity contribution in [2.75, 3.05) is 0 Å². The van der Waals surface area contributed by atoms with E-state index < -0.39 is 0 Å². The maximum absolute atomic E-state index is 10.8. The van der Waals surface area contributed by atoms with Crippen molar-refractivity contribution in [3.05, 3.63) is 0 Å². The zero-order valence-electron chi connectivity index (χ0n) is 14.2. The maximum atomic E-state index is 10.8. The van der Waals surface area contributed by atoms with Gasteiger partial charge in [-0.25, -0.2) is 0 Å². The molecule has 0 spiro atoms. The summed E-state index contributed by atoms with van der Waals surface area (Å²) in [5.74, 6) is 0.671. The molecule has 0 unspecified atom stereocenters. The summed E-state index contributed by atoms with van der Waals surface area (Å²) < 4.78 is 0. The molecule has 0 aliphatic carbocycles. The zero-order valence-corrected chi connectivity index (χ0v) is 14.2. The molecule has 0 aromatic heterocycles. The molecule has 20 heavy (non-hydrogen) atoms. The Bertz CT molecular complexity index is 172. The van der Waals surface area contributed by atoms with Gasteiger partial charge in [-0.1, -0.05) is 104 Å². The highest BCUT2D eigenvalue weighted by Crippen LogP contribution is 2.21. The highest BCUT2D eigenvalue weighted by Gasteiger charge is 2.07. The Balaban J connectivity index is 3.47. The Kier molecular flexibility index (Phi) is 16.4. The van der Waals surface area contributed by atoms with Crippen molar-refractivity contribution in [1.29, 1.82) is 0 Å². The number of carbonyl (C=O) groups excluding carboxylic acids is 1. The van der Waals surface area contributed by atoms with Crippen LogP contribution in [0.2, 0.25) is 0 Å². The van der Waals surface area contributed by atoms with Gasteiger partial charge in [0, 0.05) is 6.42 Å². The normalized spacial score (nSPS) is 11.2. The molecule has 0 saturated heterocycles. The van der Waals surface area contributed by atoms with Crippen molar-refractivity contribution >= 4 is 6.29 Å². The van der Waals surface area contributed by atoms with Crippen LogP contribution in [0.3, 0.4) is 0 Å². The summed E-state index contributed by atoms with van der Waals surface area (Å²) in [5.41, 5.74) is 0. The van der Waals surface area contributed by atoms with Crippen molar-refractivity contribution < 1.29 is 4.79 Å². The Morgan fingerprint density at radius 2 is 1.05 bits per heavy atom. The molecule has 0 aromatic rings. The second-order valence-electron chi connectivity index (χ2n) is 6.38. The predicted octanol–water partition coefficient (Wildman–Crippen LogP) is 6.69. The second kappa shape index (κ2) is 16.7. The standard InChI is InChI=1S/C19H38O/c1-3-5-7-9-11-13-15-19(17-18-20)16-14-12-10-8-6-4-2/h18-19H,3-17H2,1-2H3. The predicted molar refractivity (Wildman–Crippen MR) is 90.2 cm³/mol. The van der Waals surface area contributed by atoms with E-state index in [1.807, 2.05) is 0 Å². The second-order valence-corrected chi connectivity index (χ2v) is 6.38. The number of carbonyl (C=O) groups is 1. The molecule has 0 aliphatic rings. The fourth-order valence-electron chi connectivity index (χ4n) is 2.94. The van der Waals surface area contributed by atoms with Crippen LogP contribution in [0, 0.1) is 5.92 Å². The van der Waals surface area contributed by atoms with E-state index in [1.165, 1.54) is 89.9 Å². The van der Waals surface area contributed by atoms with Crippen LogP contribution in [-0.4, -0.2) is 6.29 Å². The summed E-state index contributed by atoms with van der Waals surface area (Å²) in [5, 5.41) is 0. The molecule has 0 bridgehead atoms. The number of hydrogen-bond donors (Lipinski definition) is 0. The molecule has 0 saturated carbocycles. The fourth-order valence-corrected chi connectivity index (χ4v) is 2.94. The molecular weight excluding hydrogens is 244 g/mol. The van der Waals surface area contributed by atoms with Crippen molar-refractivity contribution in [3.8, 4) is 0 Å². The average Bonchev–Trinajstić information content (AvgIpc) is 2.46. The van der Waals surface area contributed by atoms with Crippen molar-refractivity contribution in [3.63, 3.8) is 0 Å². The molecule has 0 fully saturated rings. The van der Waals surface area contributed by atoms with Gasteiger partial charge in [-0.05, 0) is 5.92 Å². The molecule has 0 heterocycles. The van der Waals surface area contributed by atoms with Gasteiger partial charge in [-0.15, -0.1) is 0 Å². The van der Waals surface area contributed by atoms with Gasteiger partial charge < -0.3 is 4.79 Å². The summed E-state index contributed by atoms with van der Waals surface area (Å²) in [4.78, 5) is 10.8. The van der Waals surface area contributed by atoms with E-state index in [-0.39, 0.29) is 0 Å². The summed E-state index contributed by atoms with van der Waals surface area (Å²) in [6, 6.07) is 0. The van der Waals surface area contributed by atoms with Gasteiger partial charge in [0.25, 0.3) is 0 Å². The third-order valence-corrected chi connectivity index (χ3v) is 4.36. The Morgan fingerprint density at radius 3 is 1.45 bits per heavy atom. The minimum atomic E-state index is 0.671. The largest absolute Gasteiger partial charge is 0.303 e. The lowest BCUT2D eigenvalue weighted by molar-refractivity contribution is -0.108. The van der Waals surface area contributed by atoms with E-state index >= 15 is 0 Å². The first-order chi connectivity index (χ1) is 9.85. The van der Waals surface area contributed by atoms with E-state index in [1.54, 1.807) is 0 Å². The van der Waals surface area contributed by atoms with Gasteiger partial charge in [0.05, 0.1) is 0 Å². The monoisotopic (exact) mass is 282 g/mol. The van der Waals surface area contributed by atoms with Crippen LogP contribution in [0.15, 0.2) is 0 Å². The molecule has 1 nitrogen and oxygen atoms in total. The van der Waals surface area contributed by atoms with Crippen LogP contribution >= 0.6 is 0 Å². The Hall–Kier alpha value is -0.330. The summed E-state index contributed by atoms with van der Waals surface area (Å²) in [6.07, 6.45) is 20.9. The van der Waals surface area contributed by atoms with Crippen LogP contribution in [0.5, 0.6) is 0 Å². The highest BCUT2D eigenvalue weighted by molar-refractivity contribution is 5.49. The van der Waals surface area contributed by atoms with Gasteiger partial charge in [0.15, 0.2) is 0 Å². The van der Waals surface area contributed by atoms with Gasteiger partial charge in [0.2, 0.25) is 0 Å². The minimum absolute atomic E-state index is 0.671. The van der Waals surface area contributed by atoms with E-state index in [0.29, 0.717) is 5.92 Å². The SMILES string of the molecule is CCCCCCCCC(CC=O)CCCCCCCC. The summed E-state index contributed by atoms with van der Waals surface area (Å²) in [7, 11) is 0. The van der Waals surface area contributed by atoms with Crippen molar-refractivity contribution in [2.45, 2.75) is 110 Å². The zero-order chi connectivity index (χ0) is 14.9. The molecule has 0 atom stereocenters. The quantitative estimate of drug-likeness (QED) is 0.227. The van der Waals surface area contributed by atoms with Crippen LogP contribution in [0.25, 0.3) is 0 Å². The van der Waals surface area contributed by atoms with Gasteiger partial charge in [-0.2, -0.15) is 0 Å². The first-order valence-electron chi connectivity index (χ1n) is 9.28. The third kappa shape index (κ3) is 14.1. The number of unbranched alkanes of at least 4 members (excludes halogenated alkanes) is 10. The van der Waals surface area contributed by atoms with Crippen LogP contribution < -0.4 is 0 Å². The number of rotatable bonds is 16. The molecule has 0 rings (SSSR count). The first-order valence-corrected chi connectivity index (χ1v) is 9.28. The Labute approximate surface area is 127 Å².